The van der Waals surface area contributed by atoms with E-state index in [-0.39, 0.29) is 44.2 Å². The average molecular weight is 598 g/mol. The molecule has 2 heterocycles. The van der Waals surface area contributed by atoms with Gasteiger partial charge in [-0.05, 0) is 80.3 Å². The van der Waals surface area contributed by atoms with E-state index in [1.807, 2.05) is 31.3 Å². The molecule has 1 aliphatic carbocycles. The van der Waals surface area contributed by atoms with E-state index in [2.05, 4.69) is 16.9 Å². The molecule has 1 saturated carbocycles. The minimum Gasteiger partial charge on any atom is -0.506 e. The molecule has 2 aromatic heterocycles. The number of methoxy groups -OCH3 is 1. The molecule has 2 aromatic carbocycles. The molecular formula is C31H30ClF2N3O3S. The maximum atomic E-state index is 14.7. The maximum Gasteiger partial charge on any atom is 0.266 e. The Morgan fingerprint density at radius 3 is 2.51 bits per heavy atom. The fourth-order valence-electron chi connectivity index (χ4n) is 5.44. The first-order valence-electron chi connectivity index (χ1n) is 13.3. The Labute approximate surface area is 246 Å². The number of benzene rings is 2. The topological polar surface area (TPSA) is 74.7 Å². The highest BCUT2D eigenvalue weighted by molar-refractivity contribution is 7.21. The van der Waals surface area contributed by atoms with Crippen molar-refractivity contribution in [2.75, 3.05) is 14.2 Å². The number of carbonyl (C=O) groups excluding carboxylic acids is 1. The second kappa shape index (κ2) is 12.1. The molecule has 41 heavy (non-hydrogen) atoms. The van der Waals surface area contributed by atoms with Gasteiger partial charge >= 0.3 is 0 Å². The lowest BCUT2D eigenvalue weighted by Crippen LogP contribution is -2.44. The van der Waals surface area contributed by atoms with E-state index in [4.69, 9.17) is 16.3 Å². The summed E-state index contributed by atoms with van der Waals surface area (Å²) in [5.41, 5.74) is 2.75. The molecule has 0 unspecified atom stereocenters. The third-order valence-corrected chi connectivity index (χ3v) is 9.37. The Bertz CT molecular complexity index is 1620. The molecule has 5 rings (SSSR count). The van der Waals surface area contributed by atoms with Gasteiger partial charge in [0, 0.05) is 30.4 Å². The number of hydrogen-bond acceptors (Lipinski definition) is 6. The first-order valence-corrected chi connectivity index (χ1v) is 14.5. The van der Waals surface area contributed by atoms with Crippen LogP contribution in [0.2, 0.25) is 5.02 Å². The van der Waals surface area contributed by atoms with Gasteiger partial charge in [-0.25, -0.2) is 8.78 Å². The number of thiophene rings is 1. The van der Waals surface area contributed by atoms with Crippen molar-refractivity contribution in [3.8, 4) is 16.9 Å². The van der Waals surface area contributed by atoms with Crippen molar-refractivity contribution in [3.05, 3.63) is 88.0 Å². The Kier molecular flexibility index (Phi) is 8.58. The number of pyridine rings is 1. The molecule has 6 nitrogen and oxygen atoms in total. The lowest BCUT2D eigenvalue weighted by molar-refractivity contribution is 0.0604. The fraction of sp³-hybridized carbons (Fsp3) is 0.290. The van der Waals surface area contributed by atoms with Gasteiger partial charge in [-0.2, -0.15) is 0 Å². The van der Waals surface area contributed by atoms with Gasteiger partial charge in [0.2, 0.25) is 0 Å². The van der Waals surface area contributed by atoms with Gasteiger partial charge in [0.1, 0.15) is 33.7 Å². The Hall–Kier alpha value is -3.53. The summed E-state index contributed by atoms with van der Waals surface area (Å²) in [6, 6.07) is 11.5. The Morgan fingerprint density at radius 1 is 1.15 bits per heavy atom. The molecule has 4 aromatic rings. The number of aromatic nitrogens is 1. The Morgan fingerprint density at radius 2 is 1.85 bits per heavy atom. The third-order valence-electron chi connectivity index (χ3n) is 7.69. The minimum atomic E-state index is -0.667. The van der Waals surface area contributed by atoms with Crippen molar-refractivity contribution in [2.24, 2.45) is 0 Å². The standard InChI is InChI=1S/C31H30ClF2N3O3S/c1-17(38)25-15-19(12-13-36-25)18-4-11-26(40-3)20(14-18)16-37(22-7-5-21(35-2)6-8-22)31(39)30-28(32)27-23(33)9-10-24(34)29(27)41-30/h4,9-15,21-22,35,38H,1,5-8,16H2,2-3H3/t21-,22-. The van der Waals surface area contributed by atoms with Crippen molar-refractivity contribution in [3.63, 3.8) is 0 Å². The molecule has 0 atom stereocenters. The number of rotatable bonds is 8. The van der Waals surface area contributed by atoms with Crippen LogP contribution in [0.25, 0.3) is 27.0 Å². The monoisotopic (exact) mass is 597 g/mol. The average Bonchev–Trinajstić information content (AvgIpc) is 3.35. The van der Waals surface area contributed by atoms with Crippen LogP contribution in [-0.4, -0.2) is 47.1 Å². The summed E-state index contributed by atoms with van der Waals surface area (Å²) in [5.74, 6) is -1.21. The van der Waals surface area contributed by atoms with Crippen LogP contribution in [0.15, 0.2) is 55.2 Å². The van der Waals surface area contributed by atoms with E-state index in [0.29, 0.717) is 17.5 Å². The summed E-state index contributed by atoms with van der Waals surface area (Å²) in [7, 11) is 3.50. The van der Waals surface area contributed by atoms with Gasteiger partial charge in [0.25, 0.3) is 5.91 Å². The SMILES string of the molecule is C=C(O)c1cc(-c2ccc(OC)c(CN(C(=O)c3sc4c(F)ccc(F)c4c3Cl)[C@H]3CC[C@H](NC)CC3)c2)ccn1. The molecule has 10 heteroatoms. The molecule has 1 fully saturated rings. The highest BCUT2D eigenvalue weighted by atomic mass is 35.5. The van der Waals surface area contributed by atoms with Crippen LogP contribution in [0.5, 0.6) is 5.75 Å². The number of aliphatic hydroxyl groups is 1. The summed E-state index contributed by atoms with van der Waals surface area (Å²) < 4.78 is 35.0. The number of halogens is 3. The predicted octanol–water partition coefficient (Wildman–Crippen LogP) is 7.61. The Balaban J connectivity index is 1.56. The number of amides is 1. The van der Waals surface area contributed by atoms with E-state index in [1.54, 1.807) is 24.3 Å². The zero-order valence-corrected chi connectivity index (χ0v) is 24.3. The highest BCUT2D eigenvalue weighted by Crippen LogP contribution is 2.40. The largest absolute Gasteiger partial charge is 0.506 e. The lowest BCUT2D eigenvalue weighted by Gasteiger charge is -2.37. The molecule has 0 radical (unpaired) electrons. The van der Waals surface area contributed by atoms with Gasteiger partial charge < -0.3 is 20.1 Å². The summed E-state index contributed by atoms with van der Waals surface area (Å²) in [4.78, 5) is 20.2. The zero-order valence-electron chi connectivity index (χ0n) is 22.7. The highest BCUT2D eigenvalue weighted by Gasteiger charge is 2.33. The van der Waals surface area contributed by atoms with Gasteiger partial charge in [0.05, 0.1) is 22.2 Å². The van der Waals surface area contributed by atoms with Gasteiger partial charge in [-0.15, -0.1) is 11.3 Å². The molecule has 0 saturated heterocycles. The second-order valence-corrected chi connectivity index (χ2v) is 11.5. The van der Waals surface area contributed by atoms with E-state index >= 15 is 0 Å². The van der Waals surface area contributed by atoms with E-state index in [1.165, 1.54) is 0 Å². The number of nitrogens with zero attached hydrogens (tertiary/aromatic N) is 2. The van der Waals surface area contributed by atoms with Gasteiger partial charge in [-0.3, -0.25) is 9.78 Å². The molecule has 0 spiro atoms. The van der Waals surface area contributed by atoms with E-state index in [0.717, 1.165) is 65.8 Å². The number of fused-ring (bicyclic) bond motifs is 1. The molecule has 1 aliphatic rings. The molecule has 214 valence electrons. The van der Waals surface area contributed by atoms with Crippen LogP contribution < -0.4 is 10.1 Å². The molecule has 0 bridgehead atoms. The normalized spacial score (nSPS) is 17.0. The molecule has 2 N–H and O–H groups in total. The summed E-state index contributed by atoms with van der Waals surface area (Å²) in [5, 5.41) is 13.0. The summed E-state index contributed by atoms with van der Waals surface area (Å²) in [6.07, 6.45) is 4.88. The van der Waals surface area contributed by atoms with Crippen LogP contribution in [0.1, 0.15) is 46.6 Å². The van der Waals surface area contributed by atoms with Crippen molar-refractivity contribution in [1.29, 1.82) is 0 Å². The van der Waals surface area contributed by atoms with Crippen molar-refractivity contribution >= 4 is 44.7 Å². The van der Waals surface area contributed by atoms with E-state index in [9.17, 15) is 18.7 Å². The van der Waals surface area contributed by atoms with Crippen LogP contribution in [0.3, 0.4) is 0 Å². The first-order chi connectivity index (χ1) is 19.7. The fourth-order valence-corrected chi connectivity index (χ4v) is 6.95. The van der Waals surface area contributed by atoms with Crippen molar-refractivity contribution in [2.45, 2.75) is 44.3 Å². The number of nitrogens with one attached hydrogen (secondary N) is 1. The lowest BCUT2D eigenvalue weighted by atomic mass is 9.89. The third kappa shape index (κ3) is 5.80. The van der Waals surface area contributed by atoms with Crippen molar-refractivity contribution < 1.29 is 23.4 Å². The molecular weight excluding hydrogens is 568 g/mol. The summed E-state index contributed by atoms with van der Waals surface area (Å²) >= 11 is 7.43. The van der Waals surface area contributed by atoms with Gasteiger partial charge in [0.15, 0.2) is 0 Å². The quantitative estimate of drug-likeness (QED) is 0.205. The maximum absolute atomic E-state index is 14.7. The van der Waals surface area contributed by atoms with Crippen LogP contribution in [0, 0.1) is 11.6 Å². The number of aliphatic hydroxyl groups excluding tert-OH is 1. The number of hydrogen-bond donors (Lipinski definition) is 2. The smallest absolute Gasteiger partial charge is 0.266 e. The number of carbonyl (C=O) groups is 1. The second-order valence-electron chi connectivity index (χ2n) is 10.1. The minimum absolute atomic E-state index is 0.0238. The first kappa shape index (κ1) is 29.0. The molecule has 1 amide bonds. The summed E-state index contributed by atoms with van der Waals surface area (Å²) in [6.45, 7) is 3.76. The van der Waals surface area contributed by atoms with Gasteiger partial charge in [-0.1, -0.05) is 24.2 Å². The number of ether oxygens (including phenoxy) is 1. The van der Waals surface area contributed by atoms with Crippen molar-refractivity contribution in [1.82, 2.24) is 15.2 Å². The predicted molar refractivity (Wildman–Crippen MR) is 160 cm³/mol. The van der Waals surface area contributed by atoms with Crippen LogP contribution in [-0.2, 0) is 6.54 Å². The zero-order chi connectivity index (χ0) is 29.3. The van der Waals surface area contributed by atoms with Crippen LogP contribution in [0.4, 0.5) is 8.78 Å². The van der Waals surface area contributed by atoms with E-state index < -0.39 is 11.6 Å². The molecule has 0 aliphatic heterocycles. The van der Waals surface area contributed by atoms with Crippen LogP contribution >= 0.6 is 22.9 Å².